The van der Waals surface area contributed by atoms with Crippen LogP contribution in [-0.4, -0.2) is 77.1 Å². The maximum Gasteiger partial charge on any atom is 0.250 e. The lowest BCUT2D eigenvalue weighted by atomic mass is 9.83. The average molecular weight is 433 g/mol. The summed E-state index contributed by atoms with van der Waals surface area (Å²) in [5, 5.41) is 3.80. The van der Waals surface area contributed by atoms with Crippen LogP contribution in [-0.2, 0) is 20.8 Å². The summed E-state index contributed by atoms with van der Waals surface area (Å²) >= 11 is 5.61. The molecule has 1 amide bonds. The van der Waals surface area contributed by atoms with Gasteiger partial charge >= 0.3 is 0 Å². The number of fused-ring (bicyclic) bond motifs is 4. The molecule has 4 aliphatic heterocycles. The fourth-order valence-corrected chi connectivity index (χ4v) is 5.54. The number of amides is 1. The van der Waals surface area contributed by atoms with Crippen molar-refractivity contribution in [2.24, 2.45) is 5.92 Å². The Morgan fingerprint density at radius 3 is 2.67 bits per heavy atom. The predicted molar refractivity (Wildman–Crippen MR) is 114 cm³/mol. The highest BCUT2D eigenvalue weighted by molar-refractivity contribution is 7.80. The molecule has 8 nitrogen and oxygen atoms in total. The zero-order valence-electron chi connectivity index (χ0n) is 17.0. The Morgan fingerprint density at radius 1 is 1.13 bits per heavy atom. The van der Waals surface area contributed by atoms with Crippen molar-refractivity contribution in [2.75, 3.05) is 45.9 Å². The zero-order valence-corrected chi connectivity index (χ0v) is 17.9. The molecule has 4 aliphatic rings. The van der Waals surface area contributed by atoms with Crippen LogP contribution >= 0.6 is 12.2 Å². The van der Waals surface area contributed by atoms with Gasteiger partial charge in [0.1, 0.15) is 0 Å². The van der Waals surface area contributed by atoms with Crippen molar-refractivity contribution in [3.63, 3.8) is 0 Å². The number of aromatic nitrogens is 1. The number of nitrogens with zero attached hydrogens (tertiary/aromatic N) is 3. The second-order valence-electron chi connectivity index (χ2n) is 8.75. The monoisotopic (exact) mass is 432 g/mol. The van der Waals surface area contributed by atoms with Gasteiger partial charge in [0.2, 0.25) is 5.91 Å². The summed E-state index contributed by atoms with van der Waals surface area (Å²) in [6.45, 7) is 5.11. The first kappa shape index (κ1) is 20.0. The Labute approximate surface area is 181 Å². The predicted octanol–water partition coefficient (Wildman–Crippen LogP) is 0.507. The number of carbonyl (C=O) groups is 1. The van der Waals surface area contributed by atoms with Gasteiger partial charge in [-0.1, -0.05) is 6.07 Å². The third kappa shape index (κ3) is 3.74. The van der Waals surface area contributed by atoms with E-state index in [1.165, 1.54) is 0 Å². The fraction of sp³-hybridized carbons (Fsp3) is 0.667. The minimum atomic E-state index is -0.469. The molecule has 1 spiro atoms. The van der Waals surface area contributed by atoms with E-state index in [0.29, 0.717) is 43.3 Å². The number of rotatable bonds is 2. The molecule has 5 rings (SSSR count). The molecule has 0 saturated carbocycles. The van der Waals surface area contributed by atoms with E-state index in [1.807, 2.05) is 21.6 Å². The molecule has 3 saturated heterocycles. The molecule has 1 aromatic rings. The fourth-order valence-electron chi connectivity index (χ4n) is 5.32. The molecule has 2 atom stereocenters. The Hall–Kier alpha value is -1.97. The lowest BCUT2D eigenvalue weighted by Gasteiger charge is -2.43. The van der Waals surface area contributed by atoms with Gasteiger partial charge in [0.05, 0.1) is 19.8 Å². The summed E-state index contributed by atoms with van der Waals surface area (Å²) in [6.07, 6.45) is 2.52. The summed E-state index contributed by atoms with van der Waals surface area (Å²) < 4.78 is 13.4. The van der Waals surface area contributed by atoms with E-state index in [4.69, 9.17) is 21.7 Å². The molecular weight excluding hydrogens is 404 g/mol. The molecule has 162 valence electrons. The largest absolute Gasteiger partial charge is 0.353 e. The third-order valence-electron chi connectivity index (χ3n) is 6.85. The first-order valence-corrected chi connectivity index (χ1v) is 11.2. The molecule has 1 N–H and O–H groups in total. The average Bonchev–Trinajstić information content (AvgIpc) is 3.21. The number of piperidine rings is 2. The quantitative estimate of drug-likeness (QED) is 0.683. The van der Waals surface area contributed by atoms with Gasteiger partial charge in [0, 0.05) is 63.2 Å². The Balaban J connectivity index is 1.14. The molecule has 3 fully saturated rings. The number of likely N-dealkylation sites (tertiary alicyclic amines) is 2. The standard InChI is InChI=1S/C21H28N4O4S/c26-18-3-1-2-17-16-10-15(13-25(17)18)12-24(14-16)20(30)22-11-19(27)23-6-4-21(5-7-23)28-8-9-29-21/h1-3,15-16H,4-14H2,(H,22,30)/t15-,16+/m1/s1. The van der Waals surface area contributed by atoms with Crippen LogP contribution in [0.3, 0.4) is 0 Å². The lowest BCUT2D eigenvalue weighted by Crippen LogP contribution is -2.54. The van der Waals surface area contributed by atoms with Crippen LogP contribution in [0.15, 0.2) is 23.0 Å². The highest BCUT2D eigenvalue weighted by Gasteiger charge is 2.41. The number of pyridine rings is 1. The molecule has 9 heteroatoms. The van der Waals surface area contributed by atoms with Crippen LogP contribution in [0.4, 0.5) is 0 Å². The van der Waals surface area contributed by atoms with E-state index in [-0.39, 0.29) is 18.0 Å². The van der Waals surface area contributed by atoms with Gasteiger partial charge in [-0.25, -0.2) is 0 Å². The molecule has 2 bridgehead atoms. The number of hydrogen-bond acceptors (Lipinski definition) is 5. The molecule has 0 aromatic carbocycles. The zero-order chi connectivity index (χ0) is 20.7. The van der Waals surface area contributed by atoms with E-state index in [2.05, 4.69) is 10.2 Å². The van der Waals surface area contributed by atoms with Gasteiger partial charge in [0.15, 0.2) is 10.9 Å². The van der Waals surface area contributed by atoms with Crippen LogP contribution in [0.5, 0.6) is 0 Å². The minimum Gasteiger partial charge on any atom is -0.353 e. The van der Waals surface area contributed by atoms with E-state index >= 15 is 0 Å². The first-order valence-electron chi connectivity index (χ1n) is 10.8. The Bertz CT molecular complexity index is 887. The maximum absolute atomic E-state index is 12.7. The summed E-state index contributed by atoms with van der Waals surface area (Å²) in [5.74, 6) is 0.283. The third-order valence-corrected chi connectivity index (χ3v) is 7.25. The van der Waals surface area contributed by atoms with E-state index in [9.17, 15) is 9.59 Å². The van der Waals surface area contributed by atoms with E-state index in [0.717, 1.165) is 44.6 Å². The van der Waals surface area contributed by atoms with Crippen LogP contribution in [0.25, 0.3) is 0 Å². The molecule has 0 unspecified atom stereocenters. The van der Waals surface area contributed by atoms with Crippen molar-refractivity contribution in [1.29, 1.82) is 0 Å². The molecule has 0 aliphatic carbocycles. The SMILES string of the molecule is O=C(CNC(=S)N1C[C@H]2C[C@@H](C1)c1cccc(=O)n1C2)N1CCC2(CC1)OCCO2. The second kappa shape index (κ2) is 7.94. The van der Waals surface area contributed by atoms with E-state index < -0.39 is 5.79 Å². The van der Waals surface area contributed by atoms with Crippen molar-refractivity contribution >= 4 is 23.2 Å². The Kier molecular flexibility index (Phi) is 5.28. The smallest absolute Gasteiger partial charge is 0.250 e. The van der Waals surface area contributed by atoms with Crippen molar-refractivity contribution in [1.82, 2.24) is 19.7 Å². The first-order chi connectivity index (χ1) is 14.5. The van der Waals surface area contributed by atoms with Gasteiger partial charge in [-0.15, -0.1) is 0 Å². The van der Waals surface area contributed by atoms with Gasteiger partial charge in [-0.2, -0.15) is 0 Å². The second-order valence-corrected chi connectivity index (χ2v) is 9.14. The molecular formula is C21H28N4O4S. The number of carbonyl (C=O) groups excluding carboxylic acids is 1. The molecule has 5 heterocycles. The lowest BCUT2D eigenvalue weighted by molar-refractivity contribution is -0.187. The van der Waals surface area contributed by atoms with Gasteiger partial charge in [-0.05, 0) is 30.6 Å². The van der Waals surface area contributed by atoms with Gasteiger partial charge < -0.3 is 29.2 Å². The summed E-state index contributed by atoms with van der Waals surface area (Å²) in [7, 11) is 0. The van der Waals surface area contributed by atoms with Crippen LogP contribution in [0, 0.1) is 5.92 Å². The van der Waals surface area contributed by atoms with Crippen LogP contribution in [0.1, 0.15) is 30.9 Å². The number of nitrogens with one attached hydrogen (secondary N) is 1. The van der Waals surface area contributed by atoms with Crippen molar-refractivity contribution < 1.29 is 14.3 Å². The highest BCUT2D eigenvalue weighted by Crippen LogP contribution is 2.35. The van der Waals surface area contributed by atoms with Crippen molar-refractivity contribution in [2.45, 2.75) is 37.5 Å². The van der Waals surface area contributed by atoms with Gasteiger partial charge in [0.25, 0.3) is 5.56 Å². The normalized spacial score (nSPS) is 27.1. The topological polar surface area (TPSA) is 76.0 Å². The van der Waals surface area contributed by atoms with E-state index in [1.54, 1.807) is 6.07 Å². The number of hydrogen-bond donors (Lipinski definition) is 1. The summed E-state index contributed by atoms with van der Waals surface area (Å²) in [5.41, 5.74) is 1.18. The van der Waals surface area contributed by atoms with Gasteiger partial charge in [-0.3, -0.25) is 9.59 Å². The highest BCUT2D eigenvalue weighted by atomic mass is 32.1. The Morgan fingerprint density at radius 2 is 1.90 bits per heavy atom. The van der Waals surface area contributed by atoms with Crippen LogP contribution in [0.2, 0.25) is 0 Å². The molecule has 30 heavy (non-hydrogen) atoms. The van der Waals surface area contributed by atoms with Crippen molar-refractivity contribution in [3.8, 4) is 0 Å². The number of thiocarbonyl (C=S) groups is 1. The summed E-state index contributed by atoms with van der Waals surface area (Å²) in [6, 6.07) is 5.52. The molecule has 1 aromatic heterocycles. The maximum atomic E-state index is 12.7. The minimum absolute atomic E-state index is 0.0549. The van der Waals surface area contributed by atoms with Crippen LogP contribution < -0.4 is 10.9 Å². The molecule has 0 radical (unpaired) electrons. The number of ether oxygens (including phenoxy) is 2. The summed E-state index contributed by atoms with van der Waals surface area (Å²) in [4.78, 5) is 28.8. The van der Waals surface area contributed by atoms with Crippen molar-refractivity contribution in [3.05, 3.63) is 34.2 Å².